The summed E-state index contributed by atoms with van der Waals surface area (Å²) in [6.45, 7) is 0. The van der Waals surface area contributed by atoms with Crippen molar-refractivity contribution >= 4 is 11.9 Å². The van der Waals surface area contributed by atoms with E-state index in [2.05, 4.69) is 20.5 Å². The lowest BCUT2D eigenvalue weighted by Gasteiger charge is -2.09. The first kappa shape index (κ1) is 15.5. The Labute approximate surface area is 137 Å². The molecule has 122 valence electrons. The molecule has 0 unspecified atom stereocenters. The molecule has 0 saturated heterocycles. The van der Waals surface area contributed by atoms with Crippen molar-refractivity contribution in [3.8, 4) is 23.0 Å². The van der Waals surface area contributed by atoms with Gasteiger partial charge in [0.25, 0.3) is 11.8 Å². The molecule has 0 aliphatic carbocycles. The minimum atomic E-state index is -0.434. The molecule has 0 aliphatic heterocycles. The van der Waals surface area contributed by atoms with Gasteiger partial charge in [-0.2, -0.15) is 0 Å². The lowest BCUT2D eigenvalue weighted by Crippen LogP contribution is -2.13. The van der Waals surface area contributed by atoms with E-state index in [1.54, 1.807) is 42.7 Å². The summed E-state index contributed by atoms with van der Waals surface area (Å²) in [5.74, 6) is 0.787. The molecule has 0 atom stereocenters. The van der Waals surface area contributed by atoms with Crippen LogP contribution in [0.2, 0.25) is 0 Å². The molecule has 24 heavy (non-hydrogen) atoms. The molecule has 8 nitrogen and oxygen atoms in total. The number of nitrogens with zero attached hydrogens (tertiary/aromatic N) is 3. The summed E-state index contributed by atoms with van der Waals surface area (Å²) in [6.07, 6.45) is 3.23. The Hall–Kier alpha value is -3.42. The molecule has 1 N–H and O–H groups in total. The summed E-state index contributed by atoms with van der Waals surface area (Å²) in [4.78, 5) is 16.3. The Morgan fingerprint density at radius 3 is 2.75 bits per heavy atom. The number of carbonyl (C=O) groups excluding carboxylic acids is 1. The quantitative estimate of drug-likeness (QED) is 0.768. The minimum absolute atomic E-state index is 0.0169. The third kappa shape index (κ3) is 3.17. The van der Waals surface area contributed by atoms with Gasteiger partial charge in [0.1, 0.15) is 11.5 Å². The van der Waals surface area contributed by atoms with Crippen molar-refractivity contribution in [3.63, 3.8) is 0 Å². The molecular weight excluding hydrogens is 312 g/mol. The van der Waals surface area contributed by atoms with Crippen LogP contribution in [0.3, 0.4) is 0 Å². The highest BCUT2D eigenvalue weighted by Gasteiger charge is 2.17. The highest BCUT2D eigenvalue weighted by molar-refractivity contribution is 6.05. The van der Waals surface area contributed by atoms with Crippen molar-refractivity contribution in [1.82, 2.24) is 15.2 Å². The molecule has 0 spiro atoms. The Morgan fingerprint density at radius 1 is 1.17 bits per heavy atom. The van der Waals surface area contributed by atoms with Gasteiger partial charge < -0.3 is 13.9 Å². The van der Waals surface area contributed by atoms with Gasteiger partial charge in [0.05, 0.1) is 25.3 Å². The lowest BCUT2D eigenvalue weighted by molar-refractivity contribution is 0.102. The van der Waals surface area contributed by atoms with Crippen LogP contribution in [0.25, 0.3) is 11.5 Å². The zero-order chi connectivity index (χ0) is 16.9. The molecule has 0 bridgehead atoms. The van der Waals surface area contributed by atoms with Crippen LogP contribution < -0.4 is 14.8 Å². The standard InChI is InChI=1S/C16H14N4O4/c1-22-11-5-6-12(13(8-11)23-2)14(21)18-16-20-19-15(24-16)10-4-3-7-17-9-10/h3-9H,1-2H3,(H,18,20,21). The van der Waals surface area contributed by atoms with E-state index in [4.69, 9.17) is 13.9 Å². The Balaban J connectivity index is 1.79. The van der Waals surface area contributed by atoms with Gasteiger partial charge in [0.15, 0.2) is 0 Å². The van der Waals surface area contributed by atoms with Gasteiger partial charge in [-0.05, 0) is 24.3 Å². The second-order valence-corrected chi connectivity index (χ2v) is 4.67. The average molecular weight is 326 g/mol. The normalized spacial score (nSPS) is 10.2. The van der Waals surface area contributed by atoms with E-state index in [-0.39, 0.29) is 11.9 Å². The van der Waals surface area contributed by atoms with Crippen molar-refractivity contribution < 1.29 is 18.7 Å². The van der Waals surface area contributed by atoms with E-state index in [1.807, 2.05) is 0 Å². The summed E-state index contributed by atoms with van der Waals surface area (Å²) in [5, 5.41) is 10.2. The average Bonchev–Trinajstić information content (AvgIpc) is 3.10. The Morgan fingerprint density at radius 2 is 2.04 bits per heavy atom. The molecule has 0 saturated carbocycles. The van der Waals surface area contributed by atoms with E-state index in [1.165, 1.54) is 14.2 Å². The van der Waals surface area contributed by atoms with E-state index >= 15 is 0 Å². The van der Waals surface area contributed by atoms with Crippen LogP contribution in [0, 0.1) is 0 Å². The first-order chi connectivity index (χ1) is 11.7. The molecule has 2 aromatic heterocycles. The highest BCUT2D eigenvalue weighted by atomic mass is 16.5. The van der Waals surface area contributed by atoms with Crippen LogP contribution >= 0.6 is 0 Å². The molecule has 2 heterocycles. The van der Waals surface area contributed by atoms with E-state index in [0.29, 0.717) is 22.6 Å². The van der Waals surface area contributed by atoms with Crippen molar-refractivity contribution in [1.29, 1.82) is 0 Å². The number of hydrogen-bond acceptors (Lipinski definition) is 7. The second-order valence-electron chi connectivity index (χ2n) is 4.67. The number of nitrogens with one attached hydrogen (secondary N) is 1. The fourth-order valence-corrected chi connectivity index (χ4v) is 2.03. The summed E-state index contributed by atoms with van der Waals surface area (Å²) in [6, 6.07) is 8.37. The third-order valence-electron chi connectivity index (χ3n) is 3.21. The van der Waals surface area contributed by atoms with Gasteiger partial charge in [0.2, 0.25) is 0 Å². The van der Waals surface area contributed by atoms with Crippen molar-refractivity contribution in [3.05, 3.63) is 48.3 Å². The fraction of sp³-hybridized carbons (Fsp3) is 0.125. The number of ether oxygens (including phenoxy) is 2. The number of benzene rings is 1. The maximum Gasteiger partial charge on any atom is 0.322 e. The van der Waals surface area contributed by atoms with Gasteiger partial charge >= 0.3 is 6.01 Å². The van der Waals surface area contributed by atoms with E-state index in [0.717, 1.165) is 0 Å². The van der Waals surface area contributed by atoms with Crippen LogP contribution in [-0.2, 0) is 0 Å². The third-order valence-corrected chi connectivity index (χ3v) is 3.21. The molecule has 1 aromatic carbocycles. The van der Waals surface area contributed by atoms with Crippen LogP contribution in [0.15, 0.2) is 47.1 Å². The first-order valence-electron chi connectivity index (χ1n) is 6.98. The fourth-order valence-electron chi connectivity index (χ4n) is 2.03. The number of amides is 1. The van der Waals surface area contributed by atoms with Gasteiger partial charge in [-0.15, -0.1) is 5.10 Å². The topological polar surface area (TPSA) is 99.4 Å². The molecule has 0 fully saturated rings. The first-order valence-corrected chi connectivity index (χ1v) is 6.98. The number of hydrogen-bond donors (Lipinski definition) is 1. The summed E-state index contributed by atoms with van der Waals surface area (Å²) < 4.78 is 15.7. The van der Waals surface area contributed by atoms with Crippen molar-refractivity contribution in [2.45, 2.75) is 0 Å². The minimum Gasteiger partial charge on any atom is -0.497 e. The molecule has 0 radical (unpaired) electrons. The second kappa shape index (κ2) is 6.78. The molecule has 8 heteroatoms. The lowest BCUT2D eigenvalue weighted by atomic mass is 10.2. The highest BCUT2D eigenvalue weighted by Crippen LogP contribution is 2.25. The predicted molar refractivity (Wildman–Crippen MR) is 85.0 cm³/mol. The Bertz CT molecular complexity index is 848. The maximum absolute atomic E-state index is 12.4. The zero-order valence-corrected chi connectivity index (χ0v) is 13.0. The number of rotatable bonds is 5. The summed E-state index contributed by atoms with van der Waals surface area (Å²) >= 11 is 0. The van der Waals surface area contributed by atoms with Crippen molar-refractivity contribution in [2.75, 3.05) is 19.5 Å². The molecule has 1 amide bonds. The van der Waals surface area contributed by atoms with Gasteiger partial charge in [0, 0.05) is 18.5 Å². The van der Waals surface area contributed by atoms with Crippen molar-refractivity contribution in [2.24, 2.45) is 0 Å². The van der Waals surface area contributed by atoms with Crippen LogP contribution in [-0.4, -0.2) is 35.3 Å². The van der Waals surface area contributed by atoms with E-state index in [9.17, 15) is 4.79 Å². The van der Waals surface area contributed by atoms with E-state index < -0.39 is 5.91 Å². The largest absolute Gasteiger partial charge is 0.497 e. The number of anilines is 1. The van der Waals surface area contributed by atoms with Gasteiger partial charge in [-0.25, -0.2) is 0 Å². The van der Waals surface area contributed by atoms with Crippen LogP contribution in [0.4, 0.5) is 6.01 Å². The van der Waals surface area contributed by atoms with Gasteiger partial charge in [-0.1, -0.05) is 5.10 Å². The number of carbonyl (C=O) groups is 1. The molecule has 3 rings (SSSR count). The Kier molecular flexibility index (Phi) is 4.37. The number of methoxy groups -OCH3 is 2. The van der Waals surface area contributed by atoms with Crippen LogP contribution in [0.5, 0.6) is 11.5 Å². The molecular formula is C16H14N4O4. The molecule has 0 aliphatic rings. The maximum atomic E-state index is 12.4. The number of pyridine rings is 1. The summed E-state index contributed by atoms with van der Waals surface area (Å²) in [5.41, 5.74) is 0.979. The monoisotopic (exact) mass is 326 g/mol. The molecule has 3 aromatic rings. The SMILES string of the molecule is COc1ccc(C(=O)Nc2nnc(-c3cccnc3)o2)c(OC)c1. The zero-order valence-electron chi connectivity index (χ0n) is 13.0. The predicted octanol–water partition coefficient (Wildman–Crippen LogP) is 2.40. The van der Waals surface area contributed by atoms with Crippen LogP contribution in [0.1, 0.15) is 10.4 Å². The smallest absolute Gasteiger partial charge is 0.322 e. The number of aromatic nitrogens is 3. The summed E-state index contributed by atoms with van der Waals surface area (Å²) in [7, 11) is 3.01. The van der Waals surface area contributed by atoms with Gasteiger partial charge in [-0.3, -0.25) is 15.1 Å².